The van der Waals surface area contributed by atoms with Crippen molar-refractivity contribution >= 4 is 5.97 Å². The van der Waals surface area contributed by atoms with Gasteiger partial charge in [-0.2, -0.15) is 0 Å². The fourth-order valence-corrected chi connectivity index (χ4v) is 8.35. The number of hydrogen-bond acceptors (Lipinski definition) is 14. The summed E-state index contributed by atoms with van der Waals surface area (Å²) in [6.07, 6.45) is -8.23. The van der Waals surface area contributed by atoms with Gasteiger partial charge >= 0.3 is 5.97 Å². The molecule has 0 aliphatic carbocycles. The number of nitrogens with zero attached hydrogens (tertiary/aromatic N) is 1. The van der Waals surface area contributed by atoms with Crippen LogP contribution in [-0.2, 0) is 33.2 Å². The minimum Gasteiger partial charge on any atom is -0.459 e. The van der Waals surface area contributed by atoms with Crippen LogP contribution in [0.25, 0.3) is 0 Å². The molecular formula is C37H70N2O12. The van der Waals surface area contributed by atoms with Crippen LogP contribution < -0.4 is 5.32 Å². The van der Waals surface area contributed by atoms with Crippen molar-refractivity contribution in [2.45, 2.75) is 185 Å². The van der Waals surface area contributed by atoms with Gasteiger partial charge in [-0.25, -0.2) is 0 Å². The Balaban J connectivity index is 2.15. The standard InChI is InChI=1S/C37H70N2O12/c1-14-26-37(10,45)30(41)19(2)18-38-20(3)16-35(8,44)32(51-34-28(40)25(39(11)12)15-21(4)47-34)22(5)29(23(6)33(43)49-26)50-27-17-36(9,46-13)31(42)24(7)48-27/h19-32,34,38,40-42,44-45H,14-18H2,1-13H3/t19-,20+,21+,22-,23+,24-,25-,26+,27-,28+,29-,30+,31-,32+,34-,35-,36+,37-/m0/s1. The highest BCUT2D eigenvalue weighted by atomic mass is 16.7. The van der Waals surface area contributed by atoms with Crippen LogP contribution in [0.2, 0.25) is 0 Å². The molecule has 0 aromatic carbocycles. The van der Waals surface area contributed by atoms with Crippen LogP contribution in [0.5, 0.6) is 0 Å². The van der Waals surface area contributed by atoms with Gasteiger partial charge in [0, 0.05) is 38.1 Å². The number of hydrogen-bond donors (Lipinski definition) is 6. The highest BCUT2D eigenvalue weighted by Crippen LogP contribution is 2.39. The van der Waals surface area contributed by atoms with Crippen LogP contribution in [-0.4, -0.2) is 154 Å². The van der Waals surface area contributed by atoms with E-state index < -0.39 is 95.8 Å². The van der Waals surface area contributed by atoms with Crippen LogP contribution >= 0.6 is 0 Å². The van der Waals surface area contributed by atoms with Gasteiger partial charge in [0.15, 0.2) is 12.6 Å². The monoisotopic (exact) mass is 734 g/mol. The molecule has 0 aromatic rings. The molecule has 3 fully saturated rings. The van der Waals surface area contributed by atoms with Crippen LogP contribution in [0.15, 0.2) is 0 Å². The predicted octanol–water partition coefficient (Wildman–Crippen LogP) is 1.56. The van der Waals surface area contributed by atoms with Gasteiger partial charge in [0.2, 0.25) is 0 Å². The zero-order chi connectivity index (χ0) is 38.8. The van der Waals surface area contributed by atoms with E-state index >= 15 is 0 Å². The Bertz CT molecular complexity index is 1110. The number of aliphatic hydroxyl groups is 5. The molecule has 0 radical (unpaired) electrons. The van der Waals surface area contributed by atoms with Gasteiger partial charge in [-0.1, -0.05) is 20.8 Å². The molecule has 14 heteroatoms. The molecule has 0 saturated carbocycles. The van der Waals surface area contributed by atoms with Crippen molar-refractivity contribution in [1.82, 2.24) is 10.2 Å². The molecule has 0 bridgehead atoms. The molecule has 0 amide bonds. The second kappa shape index (κ2) is 17.6. The largest absolute Gasteiger partial charge is 0.459 e. The molecule has 0 spiro atoms. The van der Waals surface area contributed by atoms with E-state index in [2.05, 4.69) is 5.32 Å². The minimum atomic E-state index is -1.78. The fraction of sp³-hybridized carbons (Fsp3) is 0.973. The van der Waals surface area contributed by atoms with Crippen molar-refractivity contribution in [3.63, 3.8) is 0 Å². The average Bonchev–Trinajstić information content (AvgIpc) is 3.05. The first-order valence-electron chi connectivity index (χ1n) is 18.8. The molecule has 300 valence electrons. The molecular weight excluding hydrogens is 664 g/mol. The van der Waals surface area contributed by atoms with Crippen molar-refractivity contribution < 1.29 is 58.7 Å². The summed E-state index contributed by atoms with van der Waals surface area (Å²) in [5.74, 6) is -2.90. The molecule has 3 heterocycles. The van der Waals surface area contributed by atoms with Gasteiger partial charge in [-0.15, -0.1) is 0 Å². The third kappa shape index (κ3) is 10.2. The summed E-state index contributed by atoms with van der Waals surface area (Å²) >= 11 is 0. The van der Waals surface area contributed by atoms with E-state index in [4.69, 9.17) is 28.4 Å². The summed E-state index contributed by atoms with van der Waals surface area (Å²) in [5, 5.41) is 61.1. The van der Waals surface area contributed by atoms with E-state index in [9.17, 15) is 30.3 Å². The maximum atomic E-state index is 14.1. The normalized spacial score (nSPS) is 49.9. The van der Waals surface area contributed by atoms with E-state index in [0.29, 0.717) is 13.0 Å². The van der Waals surface area contributed by atoms with E-state index in [1.54, 1.807) is 41.5 Å². The average molecular weight is 735 g/mol. The third-order valence-corrected chi connectivity index (χ3v) is 11.7. The summed E-state index contributed by atoms with van der Waals surface area (Å²) in [7, 11) is 5.26. The van der Waals surface area contributed by atoms with Crippen LogP contribution in [0.4, 0.5) is 0 Å². The fourth-order valence-electron chi connectivity index (χ4n) is 8.35. The lowest BCUT2D eigenvalue weighted by Gasteiger charge is -2.48. The first-order chi connectivity index (χ1) is 23.5. The molecule has 3 aliphatic heterocycles. The van der Waals surface area contributed by atoms with Crippen molar-refractivity contribution in [3.05, 3.63) is 0 Å². The van der Waals surface area contributed by atoms with Crippen LogP contribution in [0, 0.1) is 17.8 Å². The number of carbonyl (C=O) groups excluding carboxylic acids is 1. The Morgan fingerprint density at radius 3 is 2.14 bits per heavy atom. The summed E-state index contributed by atoms with van der Waals surface area (Å²) in [6, 6.07) is -0.568. The number of cyclic esters (lactones) is 1. The highest BCUT2D eigenvalue weighted by Gasteiger charge is 2.52. The van der Waals surface area contributed by atoms with Gasteiger partial charge in [-0.05, 0) is 87.7 Å². The molecule has 51 heavy (non-hydrogen) atoms. The van der Waals surface area contributed by atoms with Crippen LogP contribution in [0.1, 0.15) is 94.9 Å². The van der Waals surface area contributed by atoms with Crippen LogP contribution in [0.3, 0.4) is 0 Å². The first kappa shape index (κ1) is 44.4. The van der Waals surface area contributed by atoms with Gasteiger partial charge in [-0.3, -0.25) is 4.79 Å². The zero-order valence-corrected chi connectivity index (χ0v) is 33.2. The smallest absolute Gasteiger partial charge is 0.311 e. The van der Waals surface area contributed by atoms with Gasteiger partial charge < -0.3 is 64.2 Å². The lowest BCUT2D eigenvalue weighted by molar-refractivity contribution is -0.317. The van der Waals surface area contributed by atoms with E-state index in [0.717, 1.165) is 0 Å². The molecule has 3 saturated heterocycles. The number of nitrogens with one attached hydrogen (secondary N) is 1. The quantitative estimate of drug-likeness (QED) is 0.207. The van der Waals surface area contributed by atoms with Gasteiger partial charge in [0.05, 0.1) is 47.6 Å². The Labute approximate surface area is 305 Å². The lowest BCUT2D eigenvalue weighted by Crippen LogP contribution is -2.60. The number of aliphatic hydroxyl groups excluding tert-OH is 3. The summed E-state index contributed by atoms with van der Waals surface area (Å²) < 4.78 is 37.4. The maximum absolute atomic E-state index is 14.1. The summed E-state index contributed by atoms with van der Waals surface area (Å²) in [6.45, 7) is 17.7. The number of likely N-dealkylation sites (N-methyl/N-ethyl adjacent to an activating group) is 1. The molecule has 3 aliphatic rings. The van der Waals surface area contributed by atoms with Crippen molar-refractivity contribution in [1.29, 1.82) is 0 Å². The summed E-state index contributed by atoms with van der Waals surface area (Å²) in [5.41, 5.74) is -4.38. The molecule has 0 unspecified atom stereocenters. The lowest BCUT2D eigenvalue weighted by atomic mass is 9.78. The summed E-state index contributed by atoms with van der Waals surface area (Å²) in [4.78, 5) is 16.1. The van der Waals surface area contributed by atoms with Crippen molar-refractivity contribution in [3.8, 4) is 0 Å². The molecule has 6 N–H and O–H groups in total. The van der Waals surface area contributed by atoms with Crippen molar-refractivity contribution in [2.24, 2.45) is 17.8 Å². The number of esters is 1. The zero-order valence-electron chi connectivity index (χ0n) is 33.2. The number of rotatable bonds is 7. The highest BCUT2D eigenvalue weighted by molar-refractivity contribution is 5.73. The van der Waals surface area contributed by atoms with E-state index in [1.165, 1.54) is 14.0 Å². The number of ether oxygens (including phenoxy) is 6. The predicted molar refractivity (Wildman–Crippen MR) is 190 cm³/mol. The van der Waals surface area contributed by atoms with Gasteiger partial charge in [0.25, 0.3) is 0 Å². The second-order valence-electron chi connectivity index (χ2n) is 16.7. The maximum Gasteiger partial charge on any atom is 0.311 e. The Hall–Kier alpha value is -1.01. The topological polar surface area (TPSA) is 189 Å². The Morgan fingerprint density at radius 2 is 1.57 bits per heavy atom. The molecule has 3 rings (SSSR count). The van der Waals surface area contributed by atoms with Gasteiger partial charge in [0.1, 0.15) is 23.9 Å². The Kier molecular flexibility index (Phi) is 15.3. The minimum absolute atomic E-state index is 0.131. The second-order valence-corrected chi connectivity index (χ2v) is 16.7. The molecule has 0 aromatic heterocycles. The first-order valence-corrected chi connectivity index (χ1v) is 18.8. The number of carbonyl (C=O) groups is 1. The number of methoxy groups -OCH3 is 1. The third-order valence-electron chi connectivity index (χ3n) is 11.7. The Morgan fingerprint density at radius 1 is 0.941 bits per heavy atom. The molecule has 18 atom stereocenters. The SMILES string of the molecule is CC[C@H]1OC(=O)[C@H](C)[C@@H](O[C@H]2C[C@@](C)(OC)[C@@H](O)[C@H](C)O2)[C@H](C)[C@@H](O[C@@H]2O[C@H](C)C[C@H](N(C)C)[C@H]2O)[C@@](C)(O)C[C@@H](C)NC[C@H](C)[C@@H](O)[C@@]1(C)O. The molecule has 14 nitrogen and oxygen atoms in total. The van der Waals surface area contributed by atoms with Crippen molar-refractivity contribution in [2.75, 3.05) is 27.7 Å². The van der Waals surface area contributed by atoms with E-state index in [1.807, 2.05) is 39.8 Å². The van der Waals surface area contributed by atoms with E-state index in [-0.39, 0.29) is 37.5 Å².